The molecule has 1 aromatic rings. The van der Waals surface area contributed by atoms with Gasteiger partial charge in [0.05, 0.1) is 10.7 Å². The Labute approximate surface area is 118 Å². The zero-order chi connectivity index (χ0) is 14.8. The van der Waals surface area contributed by atoms with Crippen molar-refractivity contribution in [2.45, 2.75) is 25.5 Å². The van der Waals surface area contributed by atoms with E-state index in [1.54, 1.807) is 6.07 Å². The van der Waals surface area contributed by atoms with Gasteiger partial charge in [-0.2, -0.15) is 0 Å². The number of benzene rings is 1. The van der Waals surface area contributed by atoms with Crippen LogP contribution in [0, 0.1) is 16.0 Å². The maximum Gasteiger partial charge on any atom is 0.269 e. The van der Waals surface area contributed by atoms with Crippen molar-refractivity contribution in [3.8, 4) is 0 Å². The second-order valence-electron chi connectivity index (χ2n) is 5.26. The molecule has 0 atom stereocenters. The Hall–Kier alpha value is -1.47. The van der Waals surface area contributed by atoms with Crippen molar-refractivity contribution >= 4 is 15.7 Å². The first-order valence-corrected chi connectivity index (χ1v) is 8.20. The average Bonchev–Trinajstić information content (AvgIpc) is 2.39. The number of piperidine rings is 1. The summed E-state index contributed by atoms with van der Waals surface area (Å²) in [4.78, 5) is 10.2. The normalized spacial score (nSPS) is 18.1. The minimum atomic E-state index is -3.39. The smallest absolute Gasteiger partial charge is 0.258 e. The van der Waals surface area contributed by atoms with E-state index in [9.17, 15) is 18.5 Å². The lowest BCUT2D eigenvalue weighted by Gasteiger charge is -2.29. The van der Waals surface area contributed by atoms with Crippen LogP contribution in [0.5, 0.6) is 0 Å². The van der Waals surface area contributed by atoms with Crippen molar-refractivity contribution in [2.24, 2.45) is 5.92 Å². The fourth-order valence-electron chi connectivity index (χ4n) is 2.32. The molecule has 1 fully saturated rings. The van der Waals surface area contributed by atoms with Crippen LogP contribution < -0.4 is 0 Å². The number of non-ortho nitro benzene ring substituents is 1. The van der Waals surface area contributed by atoms with Gasteiger partial charge in [0.25, 0.3) is 5.69 Å². The van der Waals surface area contributed by atoms with Gasteiger partial charge in [-0.15, -0.1) is 0 Å². The summed E-state index contributed by atoms with van der Waals surface area (Å²) in [5, 5.41) is 10.7. The van der Waals surface area contributed by atoms with Gasteiger partial charge in [0.1, 0.15) is 0 Å². The summed E-state index contributed by atoms with van der Waals surface area (Å²) in [6, 6.07) is 5.81. The van der Waals surface area contributed by atoms with E-state index in [4.69, 9.17) is 0 Å². The van der Waals surface area contributed by atoms with E-state index in [2.05, 4.69) is 6.92 Å². The van der Waals surface area contributed by atoms with Crippen LogP contribution in [0.25, 0.3) is 0 Å². The zero-order valence-corrected chi connectivity index (χ0v) is 12.2. The van der Waals surface area contributed by atoms with Gasteiger partial charge >= 0.3 is 0 Å². The fourth-order valence-corrected chi connectivity index (χ4v) is 3.88. The first-order chi connectivity index (χ1) is 9.38. The van der Waals surface area contributed by atoms with Crippen molar-refractivity contribution in [1.82, 2.24) is 4.31 Å². The molecule has 2 rings (SSSR count). The Morgan fingerprint density at radius 2 is 2.00 bits per heavy atom. The fraction of sp³-hybridized carbons (Fsp3) is 0.538. The van der Waals surface area contributed by atoms with Crippen molar-refractivity contribution in [1.29, 1.82) is 0 Å². The van der Waals surface area contributed by atoms with Crippen molar-refractivity contribution in [2.75, 3.05) is 13.1 Å². The number of hydrogen-bond donors (Lipinski definition) is 0. The Balaban J connectivity index is 2.12. The lowest BCUT2D eigenvalue weighted by molar-refractivity contribution is -0.384. The molecule has 7 heteroatoms. The van der Waals surface area contributed by atoms with E-state index in [1.165, 1.54) is 22.5 Å². The van der Waals surface area contributed by atoms with E-state index in [-0.39, 0.29) is 11.4 Å². The van der Waals surface area contributed by atoms with Crippen molar-refractivity contribution in [3.63, 3.8) is 0 Å². The molecule has 20 heavy (non-hydrogen) atoms. The molecule has 0 aliphatic carbocycles. The monoisotopic (exact) mass is 298 g/mol. The molecule has 0 unspecified atom stereocenters. The first-order valence-electron chi connectivity index (χ1n) is 6.59. The Bertz CT molecular complexity index is 592. The second-order valence-corrected chi connectivity index (χ2v) is 7.23. The Morgan fingerprint density at radius 1 is 1.35 bits per heavy atom. The summed E-state index contributed by atoms with van der Waals surface area (Å²) >= 11 is 0. The molecular weight excluding hydrogens is 280 g/mol. The van der Waals surface area contributed by atoms with Crippen LogP contribution in [-0.4, -0.2) is 30.7 Å². The molecule has 1 heterocycles. The molecule has 1 aliphatic heterocycles. The summed E-state index contributed by atoms with van der Waals surface area (Å²) in [6.45, 7) is 3.20. The third kappa shape index (κ3) is 3.55. The van der Waals surface area contributed by atoms with Gasteiger partial charge in [0, 0.05) is 25.2 Å². The van der Waals surface area contributed by atoms with Crippen LogP contribution in [0.2, 0.25) is 0 Å². The topological polar surface area (TPSA) is 80.5 Å². The molecule has 1 aliphatic rings. The maximum atomic E-state index is 12.3. The zero-order valence-electron chi connectivity index (χ0n) is 11.4. The van der Waals surface area contributed by atoms with Gasteiger partial charge in [-0.25, -0.2) is 12.7 Å². The number of sulfonamides is 1. The molecule has 0 radical (unpaired) electrons. The predicted molar refractivity (Wildman–Crippen MR) is 75.7 cm³/mol. The number of nitrogens with zero attached hydrogens (tertiary/aromatic N) is 2. The molecule has 0 N–H and O–H groups in total. The minimum Gasteiger partial charge on any atom is -0.258 e. The summed E-state index contributed by atoms with van der Waals surface area (Å²) < 4.78 is 26.1. The summed E-state index contributed by atoms with van der Waals surface area (Å²) in [6.07, 6.45) is 1.74. The minimum absolute atomic E-state index is 0.0787. The molecular formula is C13H18N2O4S. The van der Waals surface area contributed by atoms with E-state index < -0.39 is 14.9 Å². The molecule has 1 aromatic carbocycles. The van der Waals surface area contributed by atoms with Crippen LogP contribution >= 0.6 is 0 Å². The van der Waals surface area contributed by atoms with Gasteiger partial charge < -0.3 is 0 Å². The van der Waals surface area contributed by atoms with Crippen molar-refractivity contribution < 1.29 is 13.3 Å². The summed E-state index contributed by atoms with van der Waals surface area (Å²) in [7, 11) is -3.39. The molecule has 1 saturated heterocycles. The molecule has 0 bridgehead atoms. The lowest BCUT2D eigenvalue weighted by Crippen LogP contribution is -2.38. The number of hydrogen-bond acceptors (Lipinski definition) is 4. The Kier molecular flexibility index (Phi) is 4.39. The first kappa shape index (κ1) is 14.9. The SMILES string of the molecule is CC1CCN(S(=O)(=O)Cc2cccc([N+](=O)[O-])c2)CC1. The van der Waals surface area contributed by atoms with Crippen LogP contribution in [0.3, 0.4) is 0 Å². The maximum absolute atomic E-state index is 12.3. The Morgan fingerprint density at radius 3 is 2.60 bits per heavy atom. The standard InChI is InChI=1S/C13H18N2O4S/c1-11-5-7-14(8-6-11)20(18,19)10-12-3-2-4-13(9-12)15(16)17/h2-4,9,11H,5-8,10H2,1H3. The van der Waals surface area contributed by atoms with E-state index in [0.717, 1.165) is 12.8 Å². The molecule has 110 valence electrons. The highest BCUT2D eigenvalue weighted by Gasteiger charge is 2.26. The van der Waals surface area contributed by atoms with Crippen LogP contribution in [0.15, 0.2) is 24.3 Å². The van der Waals surface area contributed by atoms with Gasteiger partial charge in [-0.05, 0) is 24.3 Å². The largest absolute Gasteiger partial charge is 0.269 e. The number of rotatable bonds is 4. The summed E-state index contributed by atoms with van der Waals surface area (Å²) in [5.74, 6) is 0.377. The van der Waals surface area contributed by atoms with E-state index >= 15 is 0 Å². The van der Waals surface area contributed by atoms with Crippen LogP contribution in [-0.2, 0) is 15.8 Å². The third-order valence-electron chi connectivity index (χ3n) is 3.61. The molecule has 6 nitrogen and oxygen atoms in total. The van der Waals surface area contributed by atoms with E-state index in [0.29, 0.717) is 24.6 Å². The molecule has 0 amide bonds. The van der Waals surface area contributed by atoms with Gasteiger partial charge in [0.2, 0.25) is 10.0 Å². The highest BCUT2D eigenvalue weighted by Crippen LogP contribution is 2.22. The highest BCUT2D eigenvalue weighted by molar-refractivity contribution is 7.88. The van der Waals surface area contributed by atoms with Crippen LogP contribution in [0.1, 0.15) is 25.3 Å². The van der Waals surface area contributed by atoms with Crippen LogP contribution in [0.4, 0.5) is 5.69 Å². The molecule has 0 spiro atoms. The second kappa shape index (κ2) is 5.88. The van der Waals surface area contributed by atoms with Crippen molar-refractivity contribution in [3.05, 3.63) is 39.9 Å². The third-order valence-corrected chi connectivity index (χ3v) is 5.46. The predicted octanol–water partition coefficient (Wildman–Crippen LogP) is 2.16. The van der Waals surface area contributed by atoms with Gasteiger partial charge in [0.15, 0.2) is 0 Å². The van der Waals surface area contributed by atoms with Gasteiger partial charge in [-0.1, -0.05) is 19.1 Å². The molecule has 0 saturated carbocycles. The van der Waals surface area contributed by atoms with Gasteiger partial charge in [-0.3, -0.25) is 10.1 Å². The number of nitro benzene ring substituents is 1. The average molecular weight is 298 g/mol. The highest BCUT2D eigenvalue weighted by atomic mass is 32.2. The molecule has 0 aromatic heterocycles. The quantitative estimate of drug-likeness (QED) is 0.630. The summed E-state index contributed by atoms with van der Waals surface area (Å²) in [5.41, 5.74) is 0.378. The number of nitro groups is 1. The van der Waals surface area contributed by atoms with E-state index in [1.807, 2.05) is 0 Å². The lowest BCUT2D eigenvalue weighted by atomic mass is 10.0.